The van der Waals surface area contributed by atoms with Crippen molar-refractivity contribution in [3.8, 4) is 0 Å². The van der Waals surface area contributed by atoms with Gasteiger partial charge in [0.25, 0.3) is 0 Å². The summed E-state index contributed by atoms with van der Waals surface area (Å²) in [6.45, 7) is 0. The Morgan fingerprint density at radius 3 is 3.00 bits per heavy atom. The van der Waals surface area contributed by atoms with E-state index in [9.17, 15) is 0 Å². The fraction of sp³-hybridized carbons (Fsp3) is 0.583. The average Bonchev–Trinajstić information content (AvgIpc) is 2.39. The monoisotopic (exact) mass is 250 g/mol. The number of hydrogen-bond donors (Lipinski definition) is 1. The number of nitrogens with one attached hydrogen (secondary N) is 1. The molecule has 1 fully saturated rings. The Morgan fingerprint density at radius 2 is 2.24 bits per heavy atom. The number of nitrogens with zero attached hydrogens (tertiary/aromatic N) is 3. The maximum absolute atomic E-state index is 4.60. The Kier molecular flexibility index (Phi) is 4.79. The summed E-state index contributed by atoms with van der Waals surface area (Å²) in [5, 5.41) is 0. The molecule has 0 spiro atoms. The summed E-state index contributed by atoms with van der Waals surface area (Å²) < 4.78 is 3.02. The molecule has 0 aliphatic heterocycles. The predicted molar refractivity (Wildman–Crippen MR) is 73.6 cm³/mol. The second-order valence-corrected chi connectivity index (χ2v) is 4.79. The summed E-state index contributed by atoms with van der Waals surface area (Å²) in [7, 11) is 0. The van der Waals surface area contributed by atoms with Gasteiger partial charge in [0.05, 0.1) is 11.7 Å². The molecule has 0 radical (unpaired) electrons. The summed E-state index contributed by atoms with van der Waals surface area (Å²) in [5.41, 5.74) is 0.877. The van der Waals surface area contributed by atoms with Crippen molar-refractivity contribution in [3.63, 3.8) is 0 Å². The van der Waals surface area contributed by atoms with Crippen LogP contribution in [0.15, 0.2) is 17.3 Å². The van der Waals surface area contributed by atoms with Gasteiger partial charge >= 0.3 is 0 Å². The lowest BCUT2D eigenvalue weighted by Crippen LogP contribution is -2.10. The van der Waals surface area contributed by atoms with Crippen LogP contribution in [0.1, 0.15) is 37.8 Å². The van der Waals surface area contributed by atoms with Crippen molar-refractivity contribution in [1.29, 1.82) is 0 Å². The minimum absolute atomic E-state index is 0.496. The highest BCUT2D eigenvalue weighted by molar-refractivity contribution is 7.99. The summed E-state index contributed by atoms with van der Waals surface area (Å²) in [6.07, 6.45) is 12.0. The maximum Gasteiger partial charge on any atom is 0.233 e. The molecule has 1 heterocycles. The van der Waals surface area contributed by atoms with E-state index in [1.165, 1.54) is 44.1 Å². The van der Waals surface area contributed by atoms with Crippen molar-refractivity contribution >= 4 is 24.1 Å². The molecule has 1 aliphatic carbocycles. The van der Waals surface area contributed by atoms with Gasteiger partial charge in [0.2, 0.25) is 5.95 Å². The van der Waals surface area contributed by atoms with Crippen molar-refractivity contribution in [1.82, 2.24) is 9.97 Å². The van der Waals surface area contributed by atoms with Gasteiger partial charge in [-0.3, -0.25) is 9.71 Å². The number of aromatic nitrogens is 2. The van der Waals surface area contributed by atoms with Crippen molar-refractivity contribution in [2.24, 2.45) is 4.99 Å². The van der Waals surface area contributed by atoms with Gasteiger partial charge in [-0.2, -0.15) is 0 Å². The Labute approximate surface area is 106 Å². The van der Waals surface area contributed by atoms with Crippen LogP contribution in [0.2, 0.25) is 0 Å². The normalized spacial score (nSPS) is 17.5. The molecule has 1 N–H and O–H groups in total. The lowest BCUT2D eigenvalue weighted by atomic mass is 9.96. The number of aliphatic imine (C=N–C) groups is 1. The van der Waals surface area contributed by atoms with Crippen molar-refractivity contribution in [2.75, 3.05) is 11.0 Å². The first-order chi connectivity index (χ1) is 8.38. The van der Waals surface area contributed by atoms with Crippen LogP contribution >= 0.6 is 11.9 Å². The van der Waals surface area contributed by atoms with Crippen LogP contribution < -0.4 is 4.72 Å². The Morgan fingerprint density at radius 1 is 1.41 bits per heavy atom. The minimum atomic E-state index is 0.496. The summed E-state index contributed by atoms with van der Waals surface area (Å²) in [4.78, 5) is 13.1. The lowest BCUT2D eigenvalue weighted by molar-refractivity contribution is 0.444. The second-order valence-electron chi connectivity index (χ2n) is 4.18. The van der Waals surface area contributed by atoms with E-state index in [2.05, 4.69) is 19.7 Å². The van der Waals surface area contributed by atoms with Gasteiger partial charge in [-0.25, -0.2) is 9.97 Å². The number of rotatable bonds is 4. The minimum Gasteiger partial charge on any atom is -0.298 e. The molecule has 5 heteroatoms. The first-order valence-corrected chi connectivity index (χ1v) is 7.26. The Bertz CT molecular complexity index is 375. The van der Waals surface area contributed by atoms with E-state index >= 15 is 0 Å². The standard InChI is InChI=1S/C12H18N4S/c1-17-16-12-13-8-7-11(15-12)9-14-10-5-3-2-4-6-10/h7-10H,2-6H2,1H3,(H,13,15,16)/b14-9+. The molecule has 0 unspecified atom stereocenters. The van der Waals surface area contributed by atoms with Crippen LogP contribution in [0.4, 0.5) is 5.95 Å². The molecule has 4 nitrogen and oxygen atoms in total. The van der Waals surface area contributed by atoms with Crippen molar-refractivity contribution in [2.45, 2.75) is 38.1 Å². The zero-order valence-electron chi connectivity index (χ0n) is 10.1. The number of hydrogen-bond acceptors (Lipinski definition) is 5. The molecule has 1 aromatic heterocycles. The van der Waals surface area contributed by atoms with Crippen LogP contribution in [-0.2, 0) is 0 Å². The van der Waals surface area contributed by atoms with E-state index in [1.807, 2.05) is 18.5 Å². The third-order valence-corrected chi connectivity index (χ3v) is 3.25. The maximum atomic E-state index is 4.60. The molecule has 0 aromatic carbocycles. The van der Waals surface area contributed by atoms with Crippen molar-refractivity contribution in [3.05, 3.63) is 18.0 Å². The molecule has 0 atom stereocenters. The zero-order chi connectivity index (χ0) is 11.9. The van der Waals surface area contributed by atoms with E-state index in [-0.39, 0.29) is 0 Å². The van der Waals surface area contributed by atoms with E-state index in [4.69, 9.17) is 0 Å². The summed E-state index contributed by atoms with van der Waals surface area (Å²) in [6, 6.07) is 2.38. The van der Waals surface area contributed by atoms with Gasteiger partial charge in [0.1, 0.15) is 0 Å². The molecule has 0 amide bonds. The van der Waals surface area contributed by atoms with Gasteiger partial charge in [0.15, 0.2) is 0 Å². The highest BCUT2D eigenvalue weighted by Crippen LogP contribution is 2.20. The highest BCUT2D eigenvalue weighted by Gasteiger charge is 2.10. The molecule has 0 bridgehead atoms. The quantitative estimate of drug-likeness (QED) is 0.659. The van der Waals surface area contributed by atoms with E-state index in [0.717, 1.165) is 5.69 Å². The molecule has 0 saturated heterocycles. The van der Waals surface area contributed by atoms with Gasteiger partial charge in [-0.15, -0.1) is 0 Å². The lowest BCUT2D eigenvalue weighted by Gasteiger charge is -2.16. The molecule has 2 rings (SSSR count). The fourth-order valence-electron chi connectivity index (χ4n) is 2.00. The molecular weight excluding hydrogens is 232 g/mol. The van der Waals surface area contributed by atoms with Gasteiger partial charge in [-0.05, 0) is 18.9 Å². The molecule has 1 aliphatic rings. The van der Waals surface area contributed by atoms with Gasteiger partial charge in [0, 0.05) is 18.7 Å². The summed E-state index contributed by atoms with van der Waals surface area (Å²) in [5.74, 6) is 0.644. The van der Waals surface area contributed by atoms with Crippen molar-refractivity contribution < 1.29 is 0 Å². The summed E-state index contributed by atoms with van der Waals surface area (Å²) >= 11 is 1.49. The zero-order valence-corrected chi connectivity index (χ0v) is 10.9. The molecule has 92 valence electrons. The first kappa shape index (κ1) is 12.4. The van der Waals surface area contributed by atoms with E-state index in [1.54, 1.807) is 6.20 Å². The molecule has 17 heavy (non-hydrogen) atoms. The van der Waals surface area contributed by atoms with Crippen LogP contribution in [0.3, 0.4) is 0 Å². The van der Waals surface area contributed by atoms with Crippen LogP contribution in [0, 0.1) is 0 Å². The van der Waals surface area contributed by atoms with Crippen LogP contribution in [0.25, 0.3) is 0 Å². The molecule has 1 aromatic rings. The average molecular weight is 250 g/mol. The molecular formula is C12H18N4S. The molecule has 1 saturated carbocycles. The fourth-order valence-corrected chi connectivity index (χ4v) is 2.28. The smallest absolute Gasteiger partial charge is 0.233 e. The van der Waals surface area contributed by atoms with E-state index in [0.29, 0.717) is 12.0 Å². The largest absolute Gasteiger partial charge is 0.298 e. The van der Waals surface area contributed by atoms with Crippen LogP contribution in [0.5, 0.6) is 0 Å². The van der Waals surface area contributed by atoms with E-state index < -0.39 is 0 Å². The topological polar surface area (TPSA) is 50.2 Å². The number of anilines is 1. The van der Waals surface area contributed by atoms with Gasteiger partial charge < -0.3 is 0 Å². The first-order valence-electron chi connectivity index (χ1n) is 6.03. The van der Waals surface area contributed by atoms with Gasteiger partial charge in [-0.1, -0.05) is 31.2 Å². The highest BCUT2D eigenvalue weighted by atomic mass is 32.2. The Balaban J connectivity index is 1.96. The second kappa shape index (κ2) is 6.59. The third-order valence-electron chi connectivity index (χ3n) is 2.86. The van der Waals surface area contributed by atoms with Crippen LogP contribution in [-0.4, -0.2) is 28.5 Å². The third kappa shape index (κ3) is 4.00. The Hall–Kier alpha value is -1.10. The SMILES string of the molecule is CSNc1nccc(/C=N/C2CCCCC2)n1. The predicted octanol–water partition coefficient (Wildman–Crippen LogP) is 2.92.